The van der Waals surface area contributed by atoms with Crippen molar-refractivity contribution in [2.24, 2.45) is 0 Å². The average Bonchev–Trinajstić information content (AvgIpc) is 1.87. The van der Waals surface area contributed by atoms with Crippen molar-refractivity contribution in [3.05, 3.63) is 35.9 Å². The quantitative estimate of drug-likeness (QED) is 0.412. The number of allylic oxidation sites excluding steroid dienone is 5. The highest BCUT2D eigenvalue weighted by Crippen LogP contribution is 1.99. The summed E-state index contributed by atoms with van der Waals surface area (Å²) >= 11 is 0. The summed E-state index contributed by atoms with van der Waals surface area (Å²) in [4.78, 5) is 0. The topological polar surface area (TPSA) is 0 Å². The molecule has 0 aromatic heterocycles. The van der Waals surface area contributed by atoms with Crippen LogP contribution in [0.3, 0.4) is 0 Å². The Morgan fingerprint density at radius 3 is 2.60 bits per heavy atom. The number of rotatable bonds is 3. The Hall–Kier alpha value is -0.780. The molecule has 0 saturated heterocycles. The van der Waals surface area contributed by atoms with Crippen molar-refractivity contribution >= 4 is 0 Å². The van der Waals surface area contributed by atoms with Gasteiger partial charge in [0.25, 0.3) is 0 Å². The van der Waals surface area contributed by atoms with Gasteiger partial charge in [-0.2, -0.15) is 0 Å². The normalized spacial score (nSPS) is 13.5. The lowest BCUT2D eigenvalue weighted by atomic mass is 10.2. The summed E-state index contributed by atoms with van der Waals surface area (Å²) in [5, 5.41) is 0. The van der Waals surface area contributed by atoms with Gasteiger partial charge < -0.3 is 0 Å². The Kier molecular flexibility index (Phi) is 3.69. The van der Waals surface area contributed by atoms with Gasteiger partial charge in [0.1, 0.15) is 0 Å². The van der Waals surface area contributed by atoms with Gasteiger partial charge in [-0.15, -0.1) is 0 Å². The van der Waals surface area contributed by atoms with Crippen molar-refractivity contribution in [1.29, 1.82) is 0 Å². The summed E-state index contributed by atoms with van der Waals surface area (Å²) in [7, 11) is 0. The Balaban J connectivity index is 3.83. The maximum Gasteiger partial charge on any atom is 0.0538 e. The second-order valence-electron chi connectivity index (χ2n) is 2.63. The fourth-order valence-electron chi connectivity index (χ4n) is 0.549. The van der Waals surface area contributed by atoms with E-state index in [0.29, 0.717) is 0 Å². The SMILES string of the molecule is [2H]C=C/C(C)=C/CC=C(C)C. The lowest BCUT2D eigenvalue weighted by Gasteiger charge is -1.89. The van der Waals surface area contributed by atoms with E-state index in [4.69, 9.17) is 1.37 Å². The molecule has 0 atom stereocenters. The van der Waals surface area contributed by atoms with Crippen LogP contribution >= 0.6 is 0 Å². The molecule has 10 heavy (non-hydrogen) atoms. The molecule has 0 unspecified atom stereocenters. The average molecular weight is 137 g/mol. The molecule has 0 N–H and O–H groups in total. The summed E-state index contributed by atoms with van der Waals surface area (Å²) in [5.41, 5.74) is 2.49. The standard InChI is InChI=1S/C10H16/c1-5-10(4)8-6-7-9(2)3/h5,7-8H,1,6H2,2-4H3/b10-8+/i1D/b5-1?,10-8+. The van der Waals surface area contributed by atoms with Crippen LogP contribution in [0.4, 0.5) is 0 Å². The Morgan fingerprint density at radius 1 is 1.40 bits per heavy atom. The van der Waals surface area contributed by atoms with E-state index in [1.807, 2.05) is 6.92 Å². The van der Waals surface area contributed by atoms with Gasteiger partial charge in [-0.25, -0.2) is 0 Å². The van der Waals surface area contributed by atoms with Gasteiger partial charge in [-0.3, -0.25) is 0 Å². The minimum Gasteiger partial charge on any atom is -0.0988 e. The zero-order chi connectivity index (χ0) is 8.69. The van der Waals surface area contributed by atoms with E-state index in [1.54, 1.807) is 6.08 Å². The zero-order valence-electron chi connectivity index (χ0n) is 8.02. The molecule has 0 aliphatic heterocycles. The molecule has 0 spiro atoms. The van der Waals surface area contributed by atoms with E-state index in [0.717, 1.165) is 12.0 Å². The first-order valence-electron chi connectivity index (χ1n) is 4.09. The lowest BCUT2D eigenvalue weighted by Crippen LogP contribution is -1.68. The summed E-state index contributed by atoms with van der Waals surface area (Å²) in [6.45, 7) is 7.49. The van der Waals surface area contributed by atoms with E-state index >= 15 is 0 Å². The predicted octanol–water partition coefficient (Wildman–Crippen LogP) is 3.48. The molecule has 0 aromatic carbocycles. The zero-order valence-corrected chi connectivity index (χ0v) is 7.02. The molecular weight excluding hydrogens is 120 g/mol. The van der Waals surface area contributed by atoms with Crippen LogP contribution < -0.4 is 0 Å². The van der Waals surface area contributed by atoms with Crippen LogP contribution in [0.2, 0.25) is 0 Å². The maximum atomic E-state index is 6.82. The summed E-state index contributed by atoms with van der Waals surface area (Å²) in [6.07, 6.45) is 7.04. The first kappa shape index (κ1) is 7.33. The Morgan fingerprint density at radius 2 is 2.10 bits per heavy atom. The van der Waals surface area contributed by atoms with E-state index in [2.05, 4.69) is 26.0 Å². The molecule has 0 aromatic rings. The van der Waals surface area contributed by atoms with Gasteiger partial charge >= 0.3 is 0 Å². The molecule has 0 aliphatic rings. The van der Waals surface area contributed by atoms with Crippen molar-refractivity contribution in [2.45, 2.75) is 27.2 Å². The Labute approximate surface area is 65.4 Å². The third-order valence-corrected chi connectivity index (χ3v) is 1.23. The molecule has 0 aliphatic carbocycles. The molecule has 0 fully saturated rings. The second-order valence-corrected chi connectivity index (χ2v) is 2.63. The summed E-state index contributed by atoms with van der Waals surface area (Å²) < 4.78 is 6.82. The summed E-state index contributed by atoms with van der Waals surface area (Å²) in [5.74, 6) is 0. The van der Waals surface area contributed by atoms with Crippen molar-refractivity contribution < 1.29 is 1.37 Å². The van der Waals surface area contributed by atoms with Gasteiger partial charge in [0.05, 0.1) is 1.37 Å². The van der Waals surface area contributed by atoms with Crippen molar-refractivity contribution in [2.75, 3.05) is 0 Å². The van der Waals surface area contributed by atoms with Crippen LogP contribution in [0.5, 0.6) is 0 Å². The molecule has 0 heteroatoms. The highest BCUT2D eigenvalue weighted by atomic mass is 13.8. The molecule has 0 bridgehead atoms. The lowest BCUT2D eigenvalue weighted by molar-refractivity contribution is 1.26. The van der Waals surface area contributed by atoms with E-state index in [9.17, 15) is 0 Å². The van der Waals surface area contributed by atoms with Crippen molar-refractivity contribution in [1.82, 2.24) is 0 Å². The first-order valence-corrected chi connectivity index (χ1v) is 3.52. The molecule has 0 nitrogen and oxygen atoms in total. The van der Waals surface area contributed by atoms with Crippen LogP contribution in [-0.2, 0) is 0 Å². The minimum atomic E-state index is 0.971. The maximum absolute atomic E-state index is 6.82. The molecule has 0 radical (unpaired) electrons. The third kappa shape index (κ3) is 5.36. The highest BCUT2D eigenvalue weighted by molar-refractivity contribution is 5.14. The highest BCUT2D eigenvalue weighted by Gasteiger charge is 1.78. The molecule has 0 amide bonds. The molecule has 56 valence electrons. The number of hydrogen-bond acceptors (Lipinski definition) is 0. The molecule has 0 rings (SSSR count). The van der Waals surface area contributed by atoms with E-state index in [-0.39, 0.29) is 0 Å². The van der Waals surface area contributed by atoms with Crippen LogP contribution in [0.15, 0.2) is 35.9 Å². The third-order valence-electron chi connectivity index (χ3n) is 1.23. The van der Waals surface area contributed by atoms with E-state index in [1.165, 1.54) is 12.1 Å². The van der Waals surface area contributed by atoms with Crippen molar-refractivity contribution in [3.8, 4) is 0 Å². The van der Waals surface area contributed by atoms with Crippen LogP contribution in [-0.4, -0.2) is 0 Å². The predicted molar refractivity (Wildman–Crippen MR) is 48.0 cm³/mol. The van der Waals surface area contributed by atoms with Gasteiger partial charge in [-0.1, -0.05) is 35.9 Å². The smallest absolute Gasteiger partial charge is 0.0538 e. The fraction of sp³-hybridized carbons (Fsp3) is 0.400. The van der Waals surface area contributed by atoms with Crippen LogP contribution in [0.25, 0.3) is 0 Å². The second kappa shape index (κ2) is 5.04. The van der Waals surface area contributed by atoms with Gasteiger partial charge in [-0.05, 0) is 27.2 Å². The van der Waals surface area contributed by atoms with Gasteiger partial charge in [0.2, 0.25) is 0 Å². The minimum absolute atomic E-state index is 0.971. The monoisotopic (exact) mass is 137 g/mol. The summed E-state index contributed by atoms with van der Waals surface area (Å²) in [6, 6.07) is 0. The molecular formula is C10H16. The molecule has 0 heterocycles. The first-order chi connectivity index (χ1) is 5.16. The molecule has 0 saturated carbocycles. The van der Waals surface area contributed by atoms with Crippen molar-refractivity contribution in [3.63, 3.8) is 0 Å². The van der Waals surface area contributed by atoms with Gasteiger partial charge in [0.15, 0.2) is 0 Å². The van der Waals surface area contributed by atoms with Gasteiger partial charge in [0, 0.05) is 0 Å². The largest absolute Gasteiger partial charge is 0.0988 e. The van der Waals surface area contributed by atoms with E-state index < -0.39 is 0 Å². The fourth-order valence-corrected chi connectivity index (χ4v) is 0.549. The Bertz CT molecular complexity index is 181. The number of hydrogen-bond donors (Lipinski definition) is 0. The van der Waals surface area contributed by atoms with Crippen LogP contribution in [0, 0.1) is 0 Å². The van der Waals surface area contributed by atoms with Crippen LogP contribution in [0.1, 0.15) is 28.6 Å².